The van der Waals surface area contributed by atoms with Gasteiger partial charge in [0.05, 0.1) is 6.54 Å². The van der Waals surface area contributed by atoms with Gasteiger partial charge >= 0.3 is 6.18 Å². The molecule has 0 saturated carbocycles. The zero-order valence-corrected chi connectivity index (χ0v) is 9.68. The number of piperazine rings is 1. The second-order valence-corrected chi connectivity index (χ2v) is 4.49. The minimum absolute atomic E-state index is 0.215. The Kier molecular flexibility index (Phi) is 4.43. The van der Waals surface area contributed by atoms with Crippen LogP contribution in [0.15, 0.2) is 0 Å². The van der Waals surface area contributed by atoms with Gasteiger partial charge in [0.1, 0.15) is 5.38 Å². The Morgan fingerprint density at radius 3 is 2.19 bits per heavy atom. The van der Waals surface area contributed by atoms with Gasteiger partial charge in [0.2, 0.25) is 5.91 Å². The molecule has 1 heterocycles. The highest BCUT2D eigenvalue weighted by Crippen LogP contribution is 2.17. The summed E-state index contributed by atoms with van der Waals surface area (Å²) in [5, 5.41) is -0.617. The Labute approximate surface area is 97.1 Å². The van der Waals surface area contributed by atoms with Gasteiger partial charge < -0.3 is 4.90 Å². The first-order chi connectivity index (χ1) is 7.29. The first kappa shape index (κ1) is 13.6. The molecule has 94 valence electrons. The molecule has 0 aromatic rings. The van der Waals surface area contributed by atoms with E-state index in [1.165, 1.54) is 9.80 Å². The van der Waals surface area contributed by atoms with Crippen molar-refractivity contribution in [3.05, 3.63) is 0 Å². The molecule has 16 heavy (non-hydrogen) atoms. The lowest BCUT2D eigenvalue weighted by atomic mass is 10.3. The van der Waals surface area contributed by atoms with E-state index in [4.69, 9.17) is 11.6 Å². The topological polar surface area (TPSA) is 23.6 Å². The number of halogens is 4. The second kappa shape index (κ2) is 5.23. The number of hydrogen-bond acceptors (Lipinski definition) is 2. The molecule has 1 unspecified atom stereocenters. The van der Waals surface area contributed by atoms with Crippen molar-refractivity contribution in [2.75, 3.05) is 32.7 Å². The molecular formula is C9H14ClF3N2O. The van der Waals surface area contributed by atoms with Crippen molar-refractivity contribution in [1.82, 2.24) is 9.80 Å². The third kappa shape index (κ3) is 4.17. The van der Waals surface area contributed by atoms with Gasteiger partial charge in [-0.15, -0.1) is 11.6 Å². The van der Waals surface area contributed by atoms with Crippen LogP contribution >= 0.6 is 11.6 Å². The molecule has 1 rings (SSSR count). The number of nitrogens with zero attached hydrogens (tertiary/aromatic N) is 2. The summed E-state index contributed by atoms with van der Waals surface area (Å²) in [6.45, 7) is 1.76. The SMILES string of the molecule is CC(Cl)C(=O)N1CCN(CC(F)(F)F)CC1. The lowest BCUT2D eigenvalue weighted by Crippen LogP contribution is -2.52. The summed E-state index contributed by atoms with van der Waals surface area (Å²) in [6, 6.07) is 0. The molecule has 1 aliphatic rings. The van der Waals surface area contributed by atoms with E-state index in [2.05, 4.69) is 0 Å². The monoisotopic (exact) mass is 258 g/mol. The van der Waals surface area contributed by atoms with Crippen LogP contribution in [0.2, 0.25) is 0 Å². The zero-order valence-electron chi connectivity index (χ0n) is 8.93. The molecule has 0 aromatic heterocycles. The van der Waals surface area contributed by atoms with E-state index in [9.17, 15) is 18.0 Å². The maximum absolute atomic E-state index is 12.1. The fourth-order valence-corrected chi connectivity index (χ4v) is 1.77. The maximum atomic E-state index is 12.1. The molecule has 0 aliphatic carbocycles. The molecule has 1 amide bonds. The molecule has 0 radical (unpaired) electrons. The summed E-state index contributed by atoms with van der Waals surface area (Å²) < 4.78 is 36.2. The Morgan fingerprint density at radius 2 is 1.81 bits per heavy atom. The first-order valence-electron chi connectivity index (χ1n) is 5.01. The summed E-state index contributed by atoms with van der Waals surface area (Å²) in [5.41, 5.74) is 0. The molecule has 1 atom stereocenters. The summed E-state index contributed by atoms with van der Waals surface area (Å²) >= 11 is 5.62. The van der Waals surface area contributed by atoms with Crippen LogP contribution < -0.4 is 0 Å². The van der Waals surface area contributed by atoms with E-state index in [1.807, 2.05) is 0 Å². The number of hydrogen-bond donors (Lipinski definition) is 0. The van der Waals surface area contributed by atoms with E-state index < -0.39 is 18.1 Å². The van der Waals surface area contributed by atoms with Gasteiger partial charge in [0.15, 0.2) is 0 Å². The standard InChI is InChI=1S/C9H14ClF3N2O/c1-7(10)8(16)15-4-2-14(3-5-15)6-9(11,12)13/h7H,2-6H2,1H3. The van der Waals surface area contributed by atoms with E-state index in [1.54, 1.807) is 6.92 Å². The van der Waals surface area contributed by atoms with Crippen molar-refractivity contribution in [1.29, 1.82) is 0 Å². The lowest BCUT2D eigenvalue weighted by Gasteiger charge is -2.35. The number of amides is 1. The van der Waals surface area contributed by atoms with Crippen molar-refractivity contribution in [2.24, 2.45) is 0 Å². The van der Waals surface area contributed by atoms with E-state index >= 15 is 0 Å². The van der Waals surface area contributed by atoms with Gasteiger partial charge in [0, 0.05) is 26.2 Å². The van der Waals surface area contributed by atoms with Crippen LogP contribution in [0.4, 0.5) is 13.2 Å². The normalized spacial score (nSPS) is 20.9. The quantitative estimate of drug-likeness (QED) is 0.698. The number of alkyl halides is 4. The van der Waals surface area contributed by atoms with Gasteiger partial charge in [-0.1, -0.05) is 0 Å². The van der Waals surface area contributed by atoms with Crippen molar-refractivity contribution < 1.29 is 18.0 Å². The van der Waals surface area contributed by atoms with E-state index in [0.29, 0.717) is 13.1 Å². The minimum Gasteiger partial charge on any atom is -0.339 e. The third-order valence-electron chi connectivity index (χ3n) is 2.43. The molecule has 0 N–H and O–H groups in total. The summed E-state index contributed by atoms with van der Waals surface area (Å²) in [5.74, 6) is -0.215. The summed E-state index contributed by atoms with van der Waals surface area (Å²) in [4.78, 5) is 14.2. The molecule has 1 fully saturated rings. The van der Waals surface area contributed by atoms with Gasteiger partial charge in [0.25, 0.3) is 0 Å². The van der Waals surface area contributed by atoms with Crippen molar-refractivity contribution >= 4 is 17.5 Å². The van der Waals surface area contributed by atoms with Gasteiger partial charge in [-0.05, 0) is 6.92 Å². The largest absolute Gasteiger partial charge is 0.401 e. The Balaban J connectivity index is 2.37. The van der Waals surface area contributed by atoms with Gasteiger partial charge in [-0.25, -0.2) is 0 Å². The van der Waals surface area contributed by atoms with Gasteiger partial charge in [-0.3, -0.25) is 9.69 Å². The fraction of sp³-hybridized carbons (Fsp3) is 0.889. The molecule has 7 heteroatoms. The van der Waals surface area contributed by atoms with Crippen LogP contribution in [0.25, 0.3) is 0 Å². The molecule has 0 bridgehead atoms. The molecule has 1 saturated heterocycles. The molecule has 0 spiro atoms. The average molecular weight is 259 g/mol. The van der Waals surface area contributed by atoms with Crippen LogP contribution in [0.5, 0.6) is 0 Å². The van der Waals surface area contributed by atoms with E-state index in [-0.39, 0.29) is 19.0 Å². The molecule has 0 aromatic carbocycles. The maximum Gasteiger partial charge on any atom is 0.401 e. The average Bonchev–Trinajstić information content (AvgIpc) is 2.15. The number of carbonyl (C=O) groups is 1. The highest BCUT2D eigenvalue weighted by atomic mass is 35.5. The lowest BCUT2D eigenvalue weighted by molar-refractivity contribution is -0.151. The molecule has 3 nitrogen and oxygen atoms in total. The van der Waals surface area contributed by atoms with Crippen LogP contribution in [0, 0.1) is 0 Å². The Hall–Kier alpha value is -0.490. The molecule has 1 aliphatic heterocycles. The Morgan fingerprint density at radius 1 is 1.31 bits per heavy atom. The molecular weight excluding hydrogens is 245 g/mol. The van der Waals surface area contributed by atoms with Crippen molar-refractivity contribution in [2.45, 2.75) is 18.5 Å². The third-order valence-corrected chi connectivity index (χ3v) is 2.61. The van der Waals surface area contributed by atoms with Crippen molar-refractivity contribution in [3.8, 4) is 0 Å². The van der Waals surface area contributed by atoms with Crippen molar-refractivity contribution in [3.63, 3.8) is 0 Å². The highest BCUT2D eigenvalue weighted by Gasteiger charge is 2.33. The minimum atomic E-state index is -4.17. The summed E-state index contributed by atoms with van der Waals surface area (Å²) in [7, 11) is 0. The van der Waals surface area contributed by atoms with Crippen LogP contribution in [-0.2, 0) is 4.79 Å². The van der Waals surface area contributed by atoms with Crippen LogP contribution in [0.1, 0.15) is 6.92 Å². The summed E-state index contributed by atoms with van der Waals surface area (Å²) in [6.07, 6.45) is -4.17. The fourth-order valence-electron chi connectivity index (χ4n) is 1.63. The number of carbonyl (C=O) groups excluding carboxylic acids is 1. The smallest absolute Gasteiger partial charge is 0.339 e. The second-order valence-electron chi connectivity index (χ2n) is 3.83. The first-order valence-corrected chi connectivity index (χ1v) is 5.45. The zero-order chi connectivity index (χ0) is 12.3. The highest BCUT2D eigenvalue weighted by molar-refractivity contribution is 6.30. The van der Waals surface area contributed by atoms with Gasteiger partial charge in [-0.2, -0.15) is 13.2 Å². The predicted molar refractivity (Wildman–Crippen MR) is 54.4 cm³/mol. The van der Waals surface area contributed by atoms with Crippen LogP contribution in [0.3, 0.4) is 0 Å². The predicted octanol–water partition coefficient (Wildman–Crippen LogP) is 1.32. The number of rotatable bonds is 2. The Bertz CT molecular complexity index is 250. The van der Waals surface area contributed by atoms with E-state index in [0.717, 1.165) is 0 Å². The van der Waals surface area contributed by atoms with Crippen LogP contribution in [-0.4, -0.2) is 60.0 Å².